The van der Waals surface area contributed by atoms with Gasteiger partial charge in [-0.3, -0.25) is 9.10 Å². The maximum Gasteiger partial charge on any atom is 0.246 e. The molecule has 9 heteroatoms. The molecule has 1 aromatic heterocycles. The average molecular weight is 429 g/mol. The summed E-state index contributed by atoms with van der Waals surface area (Å²) in [5, 5.41) is 3.98. The largest absolute Gasteiger partial charge is 0.337 e. The summed E-state index contributed by atoms with van der Waals surface area (Å²) in [6.07, 6.45) is 1.08. The highest BCUT2D eigenvalue weighted by atomic mass is 32.2. The van der Waals surface area contributed by atoms with E-state index in [1.165, 1.54) is 4.90 Å². The molecule has 8 nitrogen and oxygen atoms in total. The molecule has 2 aromatic carbocycles. The summed E-state index contributed by atoms with van der Waals surface area (Å²) in [5.74, 6) is 0.310. The van der Waals surface area contributed by atoms with Gasteiger partial charge < -0.3 is 9.42 Å². The Labute approximate surface area is 176 Å². The molecule has 0 spiro atoms. The highest BCUT2D eigenvalue weighted by Gasteiger charge is 2.31. The van der Waals surface area contributed by atoms with Crippen LogP contribution >= 0.6 is 0 Å². The maximum atomic E-state index is 13.0. The fourth-order valence-electron chi connectivity index (χ4n) is 3.20. The predicted molar refractivity (Wildman–Crippen MR) is 114 cm³/mol. The molecule has 0 saturated carbocycles. The summed E-state index contributed by atoms with van der Waals surface area (Å²) < 4.78 is 31.1. The Balaban J connectivity index is 1.76. The number of anilines is 1. The lowest BCUT2D eigenvalue weighted by molar-refractivity contribution is -0.131. The second-order valence-electron chi connectivity index (χ2n) is 7.15. The van der Waals surface area contributed by atoms with E-state index >= 15 is 0 Å². The summed E-state index contributed by atoms with van der Waals surface area (Å²) in [7, 11) is -2.10. The Morgan fingerprint density at radius 3 is 2.47 bits per heavy atom. The number of hydrogen-bond donors (Lipinski definition) is 0. The molecule has 0 radical (unpaired) electrons. The van der Waals surface area contributed by atoms with E-state index in [0.717, 1.165) is 21.7 Å². The average Bonchev–Trinajstić information content (AvgIpc) is 3.15. The van der Waals surface area contributed by atoms with Gasteiger partial charge in [0.15, 0.2) is 0 Å². The van der Waals surface area contributed by atoms with Crippen LogP contribution in [0.3, 0.4) is 0 Å². The van der Waals surface area contributed by atoms with Crippen molar-refractivity contribution in [1.29, 1.82) is 0 Å². The summed E-state index contributed by atoms with van der Waals surface area (Å²) in [5.41, 5.74) is 2.31. The van der Waals surface area contributed by atoms with Gasteiger partial charge in [-0.15, -0.1) is 0 Å². The van der Waals surface area contributed by atoms with Crippen LogP contribution in [0.2, 0.25) is 0 Å². The zero-order chi connectivity index (χ0) is 21.9. The van der Waals surface area contributed by atoms with Crippen LogP contribution in [-0.4, -0.2) is 48.7 Å². The quantitative estimate of drug-likeness (QED) is 0.574. The van der Waals surface area contributed by atoms with Crippen LogP contribution in [0.4, 0.5) is 5.69 Å². The number of amides is 1. The van der Waals surface area contributed by atoms with Gasteiger partial charge in [-0.25, -0.2) is 8.42 Å². The lowest BCUT2D eigenvalue weighted by Crippen LogP contribution is -2.48. The highest BCUT2D eigenvalue weighted by molar-refractivity contribution is 7.92. The smallest absolute Gasteiger partial charge is 0.246 e. The SMILES string of the molecule is Cc1cccc(-c2noc(CN(C)C(=O)[C@H](C)N(c3ccccc3)S(C)(=O)=O)n2)c1. The van der Waals surface area contributed by atoms with Crippen LogP contribution in [0.1, 0.15) is 18.4 Å². The first-order valence-electron chi connectivity index (χ1n) is 9.36. The van der Waals surface area contributed by atoms with Crippen molar-refractivity contribution < 1.29 is 17.7 Å². The summed E-state index contributed by atoms with van der Waals surface area (Å²) in [6.45, 7) is 3.59. The molecule has 3 aromatic rings. The van der Waals surface area contributed by atoms with E-state index in [4.69, 9.17) is 4.52 Å². The number of sulfonamides is 1. The normalized spacial score (nSPS) is 12.4. The van der Waals surface area contributed by atoms with Crippen LogP contribution in [0, 0.1) is 6.92 Å². The molecule has 0 N–H and O–H groups in total. The van der Waals surface area contributed by atoms with Gasteiger partial charge in [-0.05, 0) is 32.0 Å². The molecule has 0 bridgehead atoms. The van der Waals surface area contributed by atoms with Crippen LogP contribution in [0.25, 0.3) is 11.4 Å². The number of para-hydroxylation sites is 1. The van der Waals surface area contributed by atoms with Crippen molar-refractivity contribution in [3.63, 3.8) is 0 Å². The molecule has 1 heterocycles. The van der Waals surface area contributed by atoms with Crippen molar-refractivity contribution in [2.24, 2.45) is 0 Å². The van der Waals surface area contributed by atoms with Gasteiger partial charge >= 0.3 is 0 Å². The minimum Gasteiger partial charge on any atom is -0.337 e. The minimum atomic E-state index is -3.67. The first-order valence-corrected chi connectivity index (χ1v) is 11.2. The van der Waals surface area contributed by atoms with Gasteiger partial charge in [0, 0.05) is 12.6 Å². The molecule has 0 saturated heterocycles. The molecule has 158 valence electrons. The van der Waals surface area contributed by atoms with Crippen molar-refractivity contribution in [3.8, 4) is 11.4 Å². The van der Waals surface area contributed by atoms with E-state index in [9.17, 15) is 13.2 Å². The summed E-state index contributed by atoms with van der Waals surface area (Å²) >= 11 is 0. The van der Waals surface area contributed by atoms with Crippen LogP contribution in [-0.2, 0) is 21.4 Å². The Bertz CT molecular complexity index is 1130. The number of likely N-dealkylation sites (N-methyl/N-ethyl adjacent to an activating group) is 1. The van der Waals surface area contributed by atoms with Crippen LogP contribution in [0.15, 0.2) is 59.1 Å². The topological polar surface area (TPSA) is 96.6 Å². The van der Waals surface area contributed by atoms with Crippen LogP contribution in [0.5, 0.6) is 0 Å². The van der Waals surface area contributed by atoms with Crippen LogP contribution < -0.4 is 4.31 Å². The predicted octanol–water partition coefficient (Wildman–Crippen LogP) is 2.86. The van der Waals surface area contributed by atoms with E-state index in [0.29, 0.717) is 11.5 Å². The number of benzene rings is 2. The van der Waals surface area contributed by atoms with Gasteiger partial charge in [-0.1, -0.05) is 47.1 Å². The van der Waals surface area contributed by atoms with Crippen molar-refractivity contribution in [3.05, 3.63) is 66.1 Å². The van der Waals surface area contributed by atoms with E-state index in [1.807, 2.05) is 31.2 Å². The van der Waals surface area contributed by atoms with E-state index in [1.54, 1.807) is 44.3 Å². The summed E-state index contributed by atoms with van der Waals surface area (Å²) in [4.78, 5) is 18.7. The number of carbonyl (C=O) groups is 1. The zero-order valence-electron chi connectivity index (χ0n) is 17.3. The van der Waals surface area contributed by atoms with Crippen molar-refractivity contribution in [1.82, 2.24) is 15.0 Å². The lowest BCUT2D eigenvalue weighted by atomic mass is 10.1. The molecule has 0 unspecified atom stereocenters. The Hall–Kier alpha value is -3.20. The maximum absolute atomic E-state index is 13.0. The number of aryl methyl sites for hydroxylation is 1. The van der Waals surface area contributed by atoms with Gasteiger partial charge in [0.05, 0.1) is 18.5 Å². The Morgan fingerprint density at radius 2 is 1.83 bits per heavy atom. The number of rotatable bonds is 7. The van der Waals surface area contributed by atoms with Gasteiger partial charge in [-0.2, -0.15) is 4.98 Å². The highest BCUT2D eigenvalue weighted by Crippen LogP contribution is 2.22. The molecule has 1 atom stereocenters. The van der Waals surface area contributed by atoms with Crippen molar-refractivity contribution >= 4 is 21.6 Å². The number of hydrogen-bond acceptors (Lipinski definition) is 6. The first-order chi connectivity index (χ1) is 14.2. The van der Waals surface area contributed by atoms with Gasteiger partial charge in [0.1, 0.15) is 6.04 Å². The van der Waals surface area contributed by atoms with E-state index in [-0.39, 0.29) is 18.3 Å². The molecule has 0 aliphatic rings. The minimum absolute atomic E-state index is 0.0639. The second kappa shape index (κ2) is 8.66. The molecular weight excluding hydrogens is 404 g/mol. The number of nitrogens with zero attached hydrogens (tertiary/aromatic N) is 4. The number of aromatic nitrogens is 2. The Morgan fingerprint density at radius 1 is 1.13 bits per heavy atom. The lowest BCUT2D eigenvalue weighted by Gasteiger charge is -2.30. The van der Waals surface area contributed by atoms with Gasteiger partial charge in [0.2, 0.25) is 27.6 Å². The van der Waals surface area contributed by atoms with Gasteiger partial charge in [0.25, 0.3) is 0 Å². The molecule has 0 aliphatic heterocycles. The first kappa shape index (κ1) is 21.5. The van der Waals surface area contributed by atoms with E-state index < -0.39 is 16.1 Å². The second-order valence-corrected chi connectivity index (χ2v) is 9.01. The summed E-state index contributed by atoms with van der Waals surface area (Å²) in [6, 6.07) is 15.3. The zero-order valence-corrected chi connectivity index (χ0v) is 18.1. The van der Waals surface area contributed by atoms with Crippen molar-refractivity contribution in [2.75, 3.05) is 17.6 Å². The fraction of sp³-hybridized carbons (Fsp3) is 0.286. The monoisotopic (exact) mass is 428 g/mol. The van der Waals surface area contributed by atoms with Crippen molar-refractivity contribution in [2.45, 2.75) is 26.4 Å². The third-order valence-electron chi connectivity index (χ3n) is 4.57. The molecule has 30 heavy (non-hydrogen) atoms. The third-order valence-corrected chi connectivity index (χ3v) is 5.81. The molecule has 1 amide bonds. The Kier molecular flexibility index (Phi) is 6.21. The fourth-order valence-corrected chi connectivity index (χ4v) is 4.37. The van der Waals surface area contributed by atoms with E-state index in [2.05, 4.69) is 10.1 Å². The number of carbonyl (C=O) groups excluding carboxylic acids is 1. The third kappa shape index (κ3) is 4.85. The molecular formula is C21H24N4O4S. The standard InChI is InChI=1S/C21H24N4O4S/c1-15-9-8-10-17(13-15)20-22-19(29-23-20)14-24(3)21(26)16(2)25(30(4,27)28)18-11-6-5-7-12-18/h5-13,16H,14H2,1-4H3/t16-/m0/s1. The molecule has 3 rings (SSSR count). The molecule has 0 aliphatic carbocycles. The molecule has 0 fully saturated rings.